The SMILES string of the molecule is CNCCN(C)C(=O)C1(NC(=O)c2c(C)nn(C)c2C)CCCC1. The molecule has 7 nitrogen and oxygen atoms in total. The minimum Gasteiger partial charge on any atom is -0.342 e. The van der Waals surface area contributed by atoms with Crippen LogP contribution >= 0.6 is 0 Å². The molecule has 1 fully saturated rings. The fraction of sp³-hybridized carbons (Fsp3) is 0.706. The molecule has 0 saturated heterocycles. The van der Waals surface area contributed by atoms with Gasteiger partial charge in [-0.3, -0.25) is 14.3 Å². The minimum atomic E-state index is -0.783. The predicted octanol–water partition coefficient (Wildman–Crippen LogP) is 0.757. The first-order valence-corrected chi connectivity index (χ1v) is 8.55. The van der Waals surface area contributed by atoms with E-state index in [4.69, 9.17) is 0 Å². The molecular formula is C17H29N5O2. The fourth-order valence-corrected chi connectivity index (χ4v) is 3.50. The molecule has 1 saturated carbocycles. The number of aryl methyl sites for hydroxylation is 2. The second-order valence-electron chi connectivity index (χ2n) is 6.74. The third-order valence-electron chi connectivity index (χ3n) is 5.00. The maximum atomic E-state index is 13.0. The van der Waals surface area contributed by atoms with Gasteiger partial charge in [0.15, 0.2) is 0 Å². The molecular weight excluding hydrogens is 306 g/mol. The molecule has 1 aliphatic rings. The number of hydrogen-bond donors (Lipinski definition) is 2. The van der Waals surface area contributed by atoms with Crippen LogP contribution in [0.3, 0.4) is 0 Å². The number of carbonyl (C=O) groups is 2. The molecule has 7 heteroatoms. The largest absolute Gasteiger partial charge is 0.342 e. The van der Waals surface area contributed by atoms with Crippen LogP contribution in [-0.2, 0) is 11.8 Å². The normalized spacial score (nSPS) is 16.2. The van der Waals surface area contributed by atoms with Crippen LogP contribution in [-0.4, -0.2) is 59.2 Å². The summed E-state index contributed by atoms with van der Waals surface area (Å²) >= 11 is 0. The maximum Gasteiger partial charge on any atom is 0.255 e. The molecule has 1 aromatic heterocycles. The van der Waals surface area contributed by atoms with Crippen molar-refractivity contribution in [3.63, 3.8) is 0 Å². The van der Waals surface area contributed by atoms with Crippen LogP contribution in [0.5, 0.6) is 0 Å². The van der Waals surface area contributed by atoms with Gasteiger partial charge in [-0.1, -0.05) is 12.8 Å². The summed E-state index contributed by atoms with van der Waals surface area (Å²) in [6.45, 7) is 5.05. The highest BCUT2D eigenvalue weighted by atomic mass is 16.2. The van der Waals surface area contributed by atoms with Crippen molar-refractivity contribution in [3.8, 4) is 0 Å². The Balaban J connectivity index is 2.21. The summed E-state index contributed by atoms with van der Waals surface area (Å²) in [7, 11) is 5.48. The Morgan fingerprint density at radius 1 is 1.29 bits per heavy atom. The molecule has 1 aliphatic carbocycles. The lowest BCUT2D eigenvalue weighted by molar-refractivity contribution is -0.136. The highest BCUT2D eigenvalue weighted by Crippen LogP contribution is 2.32. The fourth-order valence-electron chi connectivity index (χ4n) is 3.50. The van der Waals surface area contributed by atoms with Crippen molar-refractivity contribution in [2.45, 2.75) is 45.1 Å². The molecule has 2 rings (SSSR count). The van der Waals surface area contributed by atoms with E-state index in [2.05, 4.69) is 15.7 Å². The average molecular weight is 335 g/mol. The Kier molecular flexibility index (Phi) is 5.64. The van der Waals surface area contributed by atoms with Crippen molar-refractivity contribution >= 4 is 11.8 Å². The topological polar surface area (TPSA) is 79.3 Å². The summed E-state index contributed by atoms with van der Waals surface area (Å²) in [5.41, 5.74) is 1.30. The Morgan fingerprint density at radius 3 is 2.42 bits per heavy atom. The second kappa shape index (κ2) is 7.34. The lowest BCUT2D eigenvalue weighted by Crippen LogP contribution is -2.58. The lowest BCUT2D eigenvalue weighted by Gasteiger charge is -2.33. The van der Waals surface area contributed by atoms with E-state index < -0.39 is 5.54 Å². The van der Waals surface area contributed by atoms with Crippen LogP contribution in [0.4, 0.5) is 0 Å². The van der Waals surface area contributed by atoms with Gasteiger partial charge in [-0.25, -0.2) is 0 Å². The van der Waals surface area contributed by atoms with Crippen molar-refractivity contribution < 1.29 is 9.59 Å². The number of rotatable bonds is 6. The number of nitrogens with zero attached hydrogens (tertiary/aromatic N) is 3. The van der Waals surface area contributed by atoms with Crippen LogP contribution < -0.4 is 10.6 Å². The number of nitrogens with one attached hydrogen (secondary N) is 2. The molecule has 1 heterocycles. The summed E-state index contributed by atoms with van der Waals surface area (Å²) < 4.78 is 1.70. The molecule has 0 aromatic carbocycles. The molecule has 0 spiro atoms. The van der Waals surface area contributed by atoms with E-state index in [0.29, 0.717) is 30.6 Å². The first kappa shape index (κ1) is 18.4. The van der Waals surface area contributed by atoms with Crippen LogP contribution in [0.1, 0.15) is 47.4 Å². The van der Waals surface area contributed by atoms with E-state index in [0.717, 1.165) is 25.1 Å². The molecule has 2 amide bonds. The van der Waals surface area contributed by atoms with Gasteiger partial charge in [0.2, 0.25) is 5.91 Å². The van der Waals surface area contributed by atoms with Gasteiger partial charge in [0.05, 0.1) is 11.3 Å². The van der Waals surface area contributed by atoms with Crippen molar-refractivity contribution in [2.24, 2.45) is 7.05 Å². The van der Waals surface area contributed by atoms with Gasteiger partial charge < -0.3 is 15.5 Å². The number of aromatic nitrogens is 2. The zero-order chi connectivity index (χ0) is 17.9. The van der Waals surface area contributed by atoms with Gasteiger partial charge in [0.1, 0.15) is 5.54 Å². The highest BCUT2D eigenvalue weighted by molar-refractivity contribution is 6.00. The van der Waals surface area contributed by atoms with E-state index in [1.807, 2.05) is 27.9 Å². The standard InChI is InChI=1S/C17H29N5O2/c1-12-14(13(2)22(5)20-12)15(23)19-17(8-6-7-9-17)16(24)21(4)11-10-18-3/h18H,6-11H2,1-5H3,(H,19,23). The highest BCUT2D eigenvalue weighted by Gasteiger charge is 2.44. The number of hydrogen-bond acceptors (Lipinski definition) is 4. The Labute approximate surface area is 143 Å². The summed E-state index contributed by atoms with van der Waals surface area (Å²) in [5.74, 6) is -0.196. The number of likely N-dealkylation sites (N-methyl/N-ethyl adjacent to an activating group) is 2. The molecule has 0 bridgehead atoms. The van der Waals surface area contributed by atoms with Crippen molar-refractivity contribution in [2.75, 3.05) is 27.2 Å². The first-order valence-electron chi connectivity index (χ1n) is 8.55. The van der Waals surface area contributed by atoms with E-state index in [1.54, 1.807) is 16.6 Å². The third kappa shape index (κ3) is 3.45. The number of amides is 2. The summed E-state index contributed by atoms with van der Waals surface area (Å²) in [6, 6.07) is 0. The summed E-state index contributed by atoms with van der Waals surface area (Å²) in [5, 5.41) is 10.4. The van der Waals surface area contributed by atoms with E-state index in [-0.39, 0.29) is 11.8 Å². The molecule has 0 radical (unpaired) electrons. The van der Waals surface area contributed by atoms with Gasteiger partial charge >= 0.3 is 0 Å². The quantitative estimate of drug-likeness (QED) is 0.804. The van der Waals surface area contributed by atoms with Crippen LogP contribution in [0.15, 0.2) is 0 Å². The van der Waals surface area contributed by atoms with E-state index >= 15 is 0 Å². The smallest absolute Gasteiger partial charge is 0.255 e. The van der Waals surface area contributed by atoms with Crippen LogP contribution in [0.2, 0.25) is 0 Å². The van der Waals surface area contributed by atoms with Gasteiger partial charge in [-0.15, -0.1) is 0 Å². The molecule has 1 aromatic rings. The molecule has 0 unspecified atom stereocenters. The first-order chi connectivity index (χ1) is 11.3. The predicted molar refractivity (Wildman–Crippen MR) is 92.9 cm³/mol. The van der Waals surface area contributed by atoms with Gasteiger partial charge in [0, 0.05) is 32.9 Å². The monoisotopic (exact) mass is 335 g/mol. The molecule has 24 heavy (non-hydrogen) atoms. The Bertz CT molecular complexity index is 617. The number of carbonyl (C=O) groups excluding carboxylic acids is 2. The maximum absolute atomic E-state index is 13.0. The Hall–Kier alpha value is -1.89. The van der Waals surface area contributed by atoms with Crippen LogP contribution in [0, 0.1) is 13.8 Å². The third-order valence-corrected chi connectivity index (χ3v) is 5.00. The van der Waals surface area contributed by atoms with Crippen molar-refractivity contribution in [1.29, 1.82) is 0 Å². The lowest BCUT2D eigenvalue weighted by atomic mass is 9.94. The average Bonchev–Trinajstić information content (AvgIpc) is 3.10. The molecule has 0 aliphatic heterocycles. The Morgan fingerprint density at radius 2 is 1.92 bits per heavy atom. The van der Waals surface area contributed by atoms with Gasteiger partial charge in [0.25, 0.3) is 5.91 Å². The van der Waals surface area contributed by atoms with Crippen molar-refractivity contribution in [1.82, 2.24) is 25.3 Å². The second-order valence-corrected chi connectivity index (χ2v) is 6.74. The molecule has 0 atom stereocenters. The van der Waals surface area contributed by atoms with Crippen LogP contribution in [0.25, 0.3) is 0 Å². The summed E-state index contributed by atoms with van der Waals surface area (Å²) in [4.78, 5) is 27.5. The molecule has 134 valence electrons. The summed E-state index contributed by atoms with van der Waals surface area (Å²) in [6.07, 6.45) is 3.30. The minimum absolute atomic E-state index is 0.00259. The van der Waals surface area contributed by atoms with Crippen molar-refractivity contribution in [3.05, 3.63) is 17.0 Å². The molecule has 2 N–H and O–H groups in total. The van der Waals surface area contributed by atoms with E-state index in [1.165, 1.54) is 0 Å². The zero-order valence-corrected chi connectivity index (χ0v) is 15.4. The zero-order valence-electron chi connectivity index (χ0n) is 15.4. The van der Waals surface area contributed by atoms with Gasteiger partial charge in [-0.05, 0) is 33.7 Å². The van der Waals surface area contributed by atoms with Gasteiger partial charge in [-0.2, -0.15) is 5.10 Å². The van der Waals surface area contributed by atoms with E-state index in [9.17, 15) is 9.59 Å².